The van der Waals surface area contributed by atoms with Gasteiger partial charge in [0.05, 0.1) is 11.5 Å². The van der Waals surface area contributed by atoms with Gasteiger partial charge in [-0.1, -0.05) is 27.7 Å². The molecule has 4 saturated carbocycles. The Balaban J connectivity index is 1.69. The molecule has 1 aromatic heterocycles. The van der Waals surface area contributed by atoms with Gasteiger partial charge in [-0.3, -0.25) is 0 Å². The van der Waals surface area contributed by atoms with E-state index in [1.807, 2.05) is 0 Å². The summed E-state index contributed by atoms with van der Waals surface area (Å²) in [6.45, 7) is 7.91. The Bertz CT molecular complexity index is 1130. The number of aromatic nitrogens is 1. The van der Waals surface area contributed by atoms with E-state index in [0.29, 0.717) is 6.42 Å². The predicted octanol–water partition coefficient (Wildman–Crippen LogP) is -0.188. The highest BCUT2D eigenvalue weighted by atomic mass is 16.7. The number of aliphatic hydroxyl groups is 6. The number of ether oxygens (including phenoxy) is 2. The van der Waals surface area contributed by atoms with E-state index in [4.69, 9.17) is 9.47 Å². The molecular weight excluding hydrogens is 458 g/mol. The van der Waals surface area contributed by atoms with Crippen LogP contribution < -0.4 is 0 Å². The number of carbonyl (C=O) groups excluding carboxylic acids is 1. The van der Waals surface area contributed by atoms with Crippen molar-refractivity contribution in [3.8, 4) is 0 Å². The zero-order valence-corrected chi connectivity index (χ0v) is 20.6. The molecule has 1 aromatic rings. The molecule has 6 bridgehead atoms. The topological polar surface area (TPSA) is 173 Å². The summed E-state index contributed by atoms with van der Waals surface area (Å²) in [6.07, 6.45) is -1.63. The van der Waals surface area contributed by atoms with Crippen molar-refractivity contribution in [1.29, 1.82) is 0 Å². The molecule has 10 heteroatoms. The number of rotatable bonds is 3. The molecule has 0 radical (unpaired) electrons. The van der Waals surface area contributed by atoms with Gasteiger partial charge in [0.2, 0.25) is 0 Å². The molecule has 194 valence electrons. The largest absolute Gasteiger partial charge is 0.451 e. The Hall–Kier alpha value is -1.53. The summed E-state index contributed by atoms with van der Waals surface area (Å²) in [5.74, 6) is -4.34. The molecule has 6 aliphatic rings. The van der Waals surface area contributed by atoms with Gasteiger partial charge in [0.15, 0.2) is 17.5 Å². The number of esters is 1. The third-order valence-electron chi connectivity index (χ3n) is 11.3. The summed E-state index contributed by atoms with van der Waals surface area (Å²) in [4.78, 5) is 15.9. The van der Waals surface area contributed by atoms with Crippen LogP contribution in [0.2, 0.25) is 0 Å². The molecule has 2 saturated heterocycles. The van der Waals surface area contributed by atoms with Crippen LogP contribution in [0.15, 0.2) is 18.3 Å². The second-order valence-corrected chi connectivity index (χ2v) is 12.4. The van der Waals surface area contributed by atoms with Gasteiger partial charge in [0.1, 0.15) is 28.1 Å². The van der Waals surface area contributed by atoms with Gasteiger partial charge in [0.25, 0.3) is 0 Å². The van der Waals surface area contributed by atoms with Crippen LogP contribution in [-0.2, 0) is 9.47 Å². The summed E-state index contributed by atoms with van der Waals surface area (Å²) in [5, 5.41) is 73.9. The lowest BCUT2D eigenvalue weighted by Gasteiger charge is -2.60. The van der Waals surface area contributed by atoms with Gasteiger partial charge in [-0.05, 0) is 43.7 Å². The molecule has 3 heterocycles. The lowest BCUT2D eigenvalue weighted by Crippen LogP contribution is -2.75. The van der Waals surface area contributed by atoms with Crippen molar-refractivity contribution in [1.82, 2.24) is 4.98 Å². The van der Waals surface area contributed by atoms with Gasteiger partial charge < -0.3 is 45.1 Å². The van der Waals surface area contributed by atoms with E-state index in [1.54, 1.807) is 26.8 Å². The Labute approximate surface area is 202 Å². The third kappa shape index (κ3) is 1.74. The van der Waals surface area contributed by atoms with Crippen molar-refractivity contribution < 1.29 is 44.9 Å². The smallest absolute Gasteiger partial charge is 0.355 e. The second kappa shape index (κ2) is 5.96. The minimum absolute atomic E-state index is 0.0654. The minimum Gasteiger partial charge on any atom is -0.451 e. The minimum atomic E-state index is -2.59. The van der Waals surface area contributed by atoms with Crippen LogP contribution in [0.25, 0.3) is 0 Å². The molecule has 11 atom stereocenters. The Morgan fingerprint density at radius 1 is 1.20 bits per heavy atom. The molecule has 6 fully saturated rings. The molecular formula is C25H35NO9. The van der Waals surface area contributed by atoms with Crippen LogP contribution in [0.4, 0.5) is 0 Å². The van der Waals surface area contributed by atoms with Gasteiger partial charge in [-0.15, -0.1) is 0 Å². The van der Waals surface area contributed by atoms with Gasteiger partial charge in [-0.2, -0.15) is 0 Å². The fourth-order valence-electron chi connectivity index (χ4n) is 9.56. The lowest BCUT2D eigenvalue weighted by molar-refractivity contribution is -0.390. The van der Waals surface area contributed by atoms with Crippen LogP contribution in [0.3, 0.4) is 0 Å². The second-order valence-electron chi connectivity index (χ2n) is 12.4. The Morgan fingerprint density at radius 3 is 2.43 bits per heavy atom. The molecule has 2 aliphatic heterocycles. The standard InChI is InChI=1S/C25H35NO9/c1-12(2)22(31)17(34-16(28)14-7-6-10-26-14)23(32)18(4)11-21(30)19(22,5)25(23,33)24(35-21)15(27)13(3)8-9-20(18,24)29/h6-7,10,12-13,15,17,26-27,29-33H,8-9,11H2,1-5H3/t13-,15+,17+,18-,19-,20-,21-,22-,23+,24+,25+/m0/s1. The molecule has 0 aromatic carbocycles. The number of H-pyrrole nitrogens is 1. The van der Waals surface area contributed by atoms with Gasteiger partial charge >= 0.3 is 5.97 Å². The molecule has 35 heavy (non-hydrogen) atoms. The molecule has 7 rings (SSSR count). The average molecular weight is 494 g/mol. The number of aromatic amines is 1. The van der Waals surface area contributed by atoms with Crippen LogP contribution >= 0.6 is 0 Å². The number of hydrogen-bond donors (Lipinski definition) is 7. The molecule has 0 amide bonds. The SMILES string of the molecule is CC(C)[C@]1(O)[C@@H](OC(=O)c2ccc[nH]2)[C@@]2(O)[C@@]3(C)C[C@]4(O)O[C@@]5([C@H](O)[C@@H](C)CC[C@]35O)[C@@]2(O)[C@@]41C. The highest BCUT2D eigenvalue weighted by Crippen LogP contribution is 2.90. The van der Waals surface area contributed by atoms with E-state index in [-0.39, 0.29) is 18.5 Å². The van der Waals surface area contributed by atoms with Crippen molar-refractivity contribution in [2.45, 2.75) is 99.9 Å². The van der Waals surface area contributed by atoms with Crippen LogP contribution in [0.1, 0.15) is 64.4 Å². The first-order chi connectivity index (χ1) is 16.0. The number of aliphatic hydroxyl groups excluding tert-OH is 1. The average Bonchev–Trinajstić information content (AvgIpc) is 3.41. The molecule has 1 spiro atoms. The molecule has 4 aliphatic carbocycles. The maximum absolute atomic E-state index is 13.2. The Kier molecular flexibility index (Phi) is 4.06. The van der Waals surface area contributed by atoms with Crippen molar-refractivity contribution in [3.63, 3.8) is 0 Å². The molecule has 0 unspecified atom stereocenters. The number of hydrogen-bond acceptors (Lipinski definition) is 9. The first-order valence-corrected chi connectivity index (χ1v) is 12.4. The maximum atomic E-state index is 13.2. The van der Waals surface area contributed by atoms with Crippen molar-refractivity contribution >= 4 is 5.97 Å². The van der Waals surface area contributed by atoms with E-state index < -0.39 is 74.6 Å². The normalized spacial score (nSPS) is 59.8. The van der Waals surface area contributed by atoms with Crippen molar-refractivity contribution in [2.75, 3.05) is 0 Å². The van der Waals surface area contributed by atoms with Crippen LogP contribution in [0, 0.1) is 22.7 Å². The predicted molar refractivity (Wildman–Crippen MR) is 119 cm³/mol. The summed E-state index contributed by atoms with van der Waals surface area (Å²) < 4.78 is 12.1. The number of carbonyl (C=O) groups is 1. The van der Waals surface area contributed by atoms with Crippen LogP contribution in [0.5, 0.6) is 0 Å². The first kappa shape index (κ1) is 23.8. The monoisotopic (exact) mass is 493 g/mol. The summed E-state index contributed by atoms with van der Waals surface area (Å²) in [7, 11) is 0. The zero-order valence-electron chi connectivity index (χ0n) is 20.6. The highest BCUT2D eigenvalue weighted by Gasteiger charge is 3.10. The summed E-state index contributed by atoms with van der Waals surface area (Å²) in [6, 6.07) is 3.06. The van der Waals surface area contributed by atoms with E-state index >= 15 is 0 Å². The van der Waals surface area contributed by atoms with Crippen molar-refractivity contribution in [2.24, 2.45) is 22.7 Å². The fourth-order valence-corrected chi connectivity index (χ4v) is 9.56. The van der Waals surface area contributed by atoms with Crippen LogP contribution in [-0.4, -0.2) is 87.6 Å². The van der Waals surface area contributed by atoms with E-state index in [2.05, 4.69) is 4.98 Å². The fraction of sp³-hybridized carbons (Fsp3) is 0.800. The van der Waals surface area contributed by atoms with Gasteiger partial charge in [-0.25, -0.2) is 4.79 Å². The summed E-state index contributed by atoms with van der Waals surface area (Å²) >= 11 is 0. The number of nitrogens with one attached hydrogen (secondary N) is 1. The molecule has 10 nitrogen and oxygen atoms in total. The van der Waals surface area contributed by atoms with Gasteiger partial charge in [0, 0.05) is 18.0 Å². The highest BCUT2D eigenvalue weighted by molar-refractivity contribution is 5.87. The lowest BCUT2D eigenvalue weighted by atomic mass is 9.52. The van der Waals surface area contributed by atoms with E-state index in [9.17, 15) is 35.4 Å². The van der Waals surface area contributed by atoms with E-state index in [1.165, 1.54) is 26.1 Å². The third-order valence-corrected chi connectivity index (χ3v) is 11.3. The van der Waals surface area contributed by atoms with Crippen molar-refractivity contribution in [3.05, 3.63) is 24.0 Å². The maximum Gasteiger partial charge on any atom is 0.355 e. The zero-order chi connectivity index (χ0) is 25.8. The first-order valence-electron chi connectivity index (χ1n) is 12.4. The molecule has 7 N–H and O–H groups in total. The van der Waals surface area contributed by atoms with E-state index in [0.717, 1.165) is 0 Å². The summed E-state index contributed by atoms with van der Waals surface area (Å²) in [5.41, 5.74) is -15.2. The Morgan fingerprint density at radius 2 is 1.86 bits per heavy atom. The quantitative estimate of drug-likeness (QED) is 0.282.